The number of halogens is 6. The summed E-state index contributed by atoms with van der Waals surface area (Å²) in [6.45, 7) is 0. The van der Waals surface area contributed by atoms with Crippen LogP contribution >= 0.6 is 10.7 Å². The van der Waals surface area contributed by atoms with Gasteiger partial charge in [0.05, 0.1) is 0 Å². The van der Waals surface area contributed by atoms with Crippen LogP contribution in [0.5, 0.6) is 0 Å². The van der Waals surface area contributed by atoms with Crippen LogP contribution in [0.25, 0.3) is 0 Å². The maximum Gasteiger partial charge on any atom is 0.429 e. The van der Waals surface area contributed by atoms with Gasteiger partial charge in [-0.2, -0.15) is 34.6 Å². The first-order valence-electron chi connectivity index (χ1n) is 2.30. The van der Waals surface area contributed by atoms with Crippen LogP contribution in [0.4, 0.5) is 22.0 Å². The third-order valence-electron chi connectivity index (χ3n) is 0.626. The largest absolute Gasteiger partial charge is 0.429 e. The van der Waals surface area contributed by atoms with E-state index in [0.717, 1.165) is 0 Å². The van der Waals surface area contributed by atoms with Crippen LogP contribution in [0.2, 0.25) is 0 Å². The second-order valence-electron chi connectivity index (χ2n) is 1.57. The summed E-state index contributed by atoms with van der Waals surface area (Å²) in [5, 5.41) is 0. The highest BCUT2D eigenvalue weighted by molar-refractivity contribution is 8.10. The molecule has 0 fully saturated rings. The van der Waals surface area contributed by atoms with Crippen molar-refractivity contribution in [1.82, 2.24) is 0 Å². The van der Waals surface area contributed by atoms with Gasteiger partial charge in [-0.15, -0.1) is 0 Å². The maximum absolute atomic E-state index is 12.0. The fraction of sp³-hybridized carbons (Fsp3) is 0.333. The first-order chi connectivity index (χ1) is 5.56. The molecule has 0 saturated heterocycles. The molecule has 3 nitrogen and oxygen atoms in total. The molecule has 0 N–H and O–H groups in total. The first kappa shape index (κ1) is 12.6. The number of alkyl halides is 2. The Bertz CT molecular complexity index is 318. The molecule has 0 radical (unpaired) electrons. The van der Waals surface area contributed by atoms with Gasteiger partial charge in [-0.3, -0.25) is 0 Å². The van der Waals surface area contributed by atoms with Gasteiger partial charge in [0, 0.05) is 10.7 Å². The SMILES string of the molecule is O=S(=O)(Cl)OC(F)(F)C(F)=C(F)F. The van der Waals surface area contributed by atoms with Crippen molar-refractivity contribution in [3.63, 3.8) is 0 Å². The predicted octanol–water partition coefficient (Wildman–Crippen LogP) is 2.16. The summed E-state index contributed by atoms with van der Waals surface area (Å²) >= 11 is 0. The average molecular weight is 247 g/mol. The van der Waals surface area contributed by atoms with Crippen molar-refractivity contribution < 1.29 is 34.6 Å². The van der Waals surface area contributed by atoms with E-state index in [1.165, 1.54) is 0 Å². The lowest BCUT2D eigenvalue weighted by molar-refractivity contribution is -0.154. The van der Waals surface area contributed by atoms with Gasteiger partial charge in [0.15, 0.2) is 0 Å². The molecule has 10 heteroatoms. The highest BCUT2D eigenvalue weighted by Gasteiger charge is 2.45. The van der Waals surface area contributed by atoms with Crippen LogP contribution in [0, 0.1) is 0 Å². The zero-order chi connectivity index (χ0) is 10.9. The van der Waals surface area contributed by atoms with E-state index in [1.54, 1.807) is 0 Å². The van der Waals surface area contributed by atoms with Gasteiger partial charge in [-0.25, -0.2) is 0 Å². The third-order valence-corrected chi connectivity index (χ3v) is 1.22. The molecule has 0 bridgehead atoms. The Balaban J connectivity index is 4.91. The van der Waals surface area contributed by atoms with Gasteiger partial charge in [-0.05, 0) is 0 Å². The van der Waals surface area contributed by atoms with E-state index in [2.05, 4.69) is 14.9 Å². The topological polar surface area (TPSA) is 43.4 Å². The van der Waals surface area contributed by atoms with Gasteiger partial charge in [0.1, 0.15) is 0 Å². The summed E-state index contributed by atoms with van der Waals surface area (Å²) in [7, 11) is -1.14. The zero-order valence-corrected chi connectivity index (χ0v) is 6.97. The van der Waals surface area contributed by atoms with Gasteiger partial charge in [0.2, 0.25) is 0 Å². The van der Waals surface area contributed by atoms with Crippen molar-refractivity contribution in [1.29, 1.82) is 0 Å². The van der Waals surface area contributed by atoms with Crippen LogP contribution in [-0.2, 0) is 13.5 Å². The molecule has 0 spiro atoms. The lowest BCUT2D eigenvalue weighted by atomic mass is 10.5. The van der Waals surface area contributed by atoms with Gasteiger partial charge >= 0.3 is 21.5 Å². The summed E-state index contributed by atoms with van der Waals surface area (Å²) in [5.41, 5.74) is 0. The lowest BCUT2D eigenvalue weighted by Crippen LogP contribution is -2.24. The Labute approximate surface area is 73.4 Å². The molecule has 13 heavy (non-hydrogen) atoms. The molecular weight excluding hydrogens is 247 g/mol. The molecule has 0 saturated carbocycles. The minimum absolute atomic E-state index is 2.54. The monoisotopic (exact) mass is 246 g/mol. The van der Waals surface area contributed by atoms with Crippen molar-refractivity contribution in [2.24, 2.45) is 0 Å². The van der Waals surface area contributed by atoms with Crippen molar-refractivity contribution in [2.75, 3.05) is 0 Å². The molecular formula is C3ClF5O3S. The zero-order valence-electron chi connectivity index (χ0n) is 5.40. The number of hydrogen-bond acceptors (Lipinski definition) is 3. The first-order valence-corrected chi connectivity index (χ1v) is 4.54. The highest BCUT2D eigenvalue weighted by Crippen LogP contribution is 2.32. The van der Waals surface area contributed by atoms with Gasteiger partial charge in [0.25, 0.3) is 5.83 Å². The summed E-state index contributed by atoms with van der Waals surface area (Å²) < 4.78 is 80.3. The van der Waals surface area contributed by atoms with Crippen molar-refractivity contribution in [2.45, 2.75) is 6.11 Å². The van der Waals surface area contributed by atoms with Crippen LogP contribution in [0.1, 0.15) is 0 Å². The molecule has 78 valence electrons. The minimum atomic E-state index is -5.29. The van der Waals surface area contributed by atoms with Crippen molar-refractivity contribution in [3.8, 4) is 0 Å². The van der Waals surface area contributed by atoms with Gasteiger partial charge < -0.3 is 0 Å². The molecule has 0 aromatic rings. The summed E-state index contributed by atoms with van der Waals surface area (Å²) in [5.74, 6) is -3.31. The standard InChI is InChI=1S/C3ClF5O3S/c4-13(10,11)12-3(8,9)1(5)2(6)7. The predicted molar refractivity (Wildman–Crippen MR) is 31.2 cm³/mol. The summed E-state index contributed by atoms with van der Waals surface area (Å²) in [6.07, 6.45) is -8.69. The van der Waals surface area contributed by atoms with E-state index < -0.39 is 27.3 Å². The van der Waals surface area contributed by atoms with Crippen molar-refractivity contribution in [3.05, 3.63) is 11.9 Å². The van der Waals surface area contributed by atoms with Crippen LogP contribution in [-0.4, -0.2) is 14.5 Å². The van der Waals surface area contributed by atoms with Crippen LogP contribution in [0.15, 0.2) is 11.9 Å². The summed E-state index contributed by atoms with van der Waals surface area (Å²) in [6, 6.07) is 0. The average Bonchev–Trinajstić information content (AvgIpc) is 1.80. The number of hydrogen-bond donors (Lipinski definition) is 0. The van der Waals surface area contributed by atoms with Crippen LogP contribution in [0.3, 0.4) is 0 Å². The molecule has 0 aliphatic carbocycles. The molecule has 0 rings (SSSR count). The van der Waals surface area contributed by atoms with E-state index >= 15 is 0 Å². The number of rotatable bonds is 3. The van der Waals surface area contributed by atoms with E-state index in [4.69, 9.17) is 0 Å². The molecule has 0 aliphatic rings. The smallest absolute Gasteiger partial charge is 0.196 e. The van der Waals surface area contributed by atoms with Gasteiger partial charge in [-0.1, -0.05) is 0 Å². The second-order valence-corrected chi connectivity index (χ2v) is 3.65. The fourth-order valence-electron chi connectivity index (χ4n) is 0.272. The molecule has 0 aliphatic heterocycles. The Hall–Kier alpha value is -0.410. The van der Waals surface area contributed by atoms with Crippen LogP contribution < -0.4 is 0 Å². The molecule has 0 aromatic carbocycles. The Morgan fingerprint density at radius 3 is 1.85 bits per heavy atom. The molecule has 0 atom stereocenters. The Morgan fingerprint density at radius 1 is 1.23 bits per heavy atom. The highest BCUT2D eigenvalue weighted by atomic mass is 35.7. The Morgan fingerprint density at radius 2 is 1.62 bits per heavy atom. The van der Waals surface area contributed by atoms with E-state index in [-0.39, 0.29) is 0 Å². The van der Waals surface area contributed by atoms with E-state index in [9.17, 15) is 30.4 Å². The normalized spacial score (nSPS) is 12.8. The van der Waals surface area contributed by atoms with Crippen molar-refractivity contribution >= 4 is 20.0 Å². The summed E-state index contributed by atoms with van der Waals surface area (Å²) in [4.78, 5) is 0. The quantitative estimate of drug-likeness (QED) is 0.566. The molecule has 0 aromatic heterocycles. The van der Waals surface area contributed by atoms with E-state index in [1.807, 2.05) is 0 Å². The molecule has 0 heterocycles. The minimum Gasteiger partial charge on any atom is -0.196 e. The fourth-order valence-corrected chi connectivity index (χ4v) is 0.832. The lowest BCUT2D eigenvalue weighted by Gasteiger charge is -2.10. The maximum atomic E-state index is 12.0. The molecule has 0 amide bonds. The molecule has 0 unspecified atom stereocenters. The van der Waals surface area contributed by atoms with E-state index in [0.29, 0.717) is 0 Å². The Kier molecular flexibility index (Phi) is 3.64. The third kappa shape index (κ3) is 4.39. The second kappa shape index (κ2) is 3.76.